The molecule has 0 saturated carbocycles. The summed E-state index contributed by atoms with van der Waals surface area (Å²) in [5.41, 5.74) is 8.10. The predicted octanol–water partition coefficient (Wildman–Crippen LogP) is 7.19. The molecule has 0 spiro atoms. The summed E-state index contributed by atoms with van der Waals surface area (Å²) in [4.78, 5) is 0. The van der Waals surface area contributed by atoms with E-state index in [4.69, 9.17) is 0 Å². The normalized spacial score (nSPS) is 19.5. The topological polar surface area (TPSA) is 0 Å². The minimum absolute atomic E-state index is 0.545. The second-order valence-corrected chi connectivity index (χ2v) is 7.57. The van der Waals surface area contributed by atoms with Gasteiger partial charge in [-0.05, 0) is 48.9 Å². The van der Waals surface area contributed by atoms with Crippen LogP contribution in [-0.2, 0) is 0 Å². The summed E-state index contributed by atoms with van der Waals surface area (Å²) in [5, 5.41) is 0. The Morgan fingerprint density at radius 1 is 0.500 bits per heavy atom. The number of hydrogen-bond donors (Lipinski definition) is 0. The Morgan fingerprint density at radius 3 is 1.27 bits per heavy atom. The first-order valence-corrected chi connectivity index (χ1v) is 9.61. The first kappa shape index (κ1) is 16.8. The molecule has 1 aliphatic rings. The lowest BCUT2D eigenvalue weighted by atomic mass is 9.81. The van der Waals surface area contributed by atoms with E-state index in [0.717, 1.165) is 0 Å². The molecule has 4 rings (SSSR count). The van der Waals surface area contributed by atoms with E-state index in [9.17, 15) is 0 Å². The molecular formula is C26H26. The van der Waals surface area contributed by atoms with Gasteiger partial charge in [0, 0.05) is 11.8 Å². The van der Waals surface area contributed by atoms with Crippen LogP contribution in [0.4, 0.5) is 0 Å². The Hall–Kier alpha value is -2.60. The molecule has 3 aromatic rings. The minimum Gasteiger partial charge on any atom is -0.0804 e. The van der Waals surface area contributed by atoms with Crippen LogP contribution in [0.5, 0.6) is 0 Å². The molecule has 0 heterocycles. The Kier molecular flexibility index (Phi) is 4.75. The zero-order valence-electron chi connectivity index (χ0n) is 15.7. The summed E-state index contributed by atoms with van der Waals surface area (Å²) in [7, 11) is 0. The fourth-order valence-corrected chi connectivity index (χ4v) is 3.86. The summed E-state index contributed by atoms with van der Waals surface area (Å²) >= 11 is 0. The van der Waals surface area contributed by atoms with Crippen LogP contribution in [0, 0.1) is 13.8 Å². The van der Waals surface area contributed by atoms with Gasteiger partial charge in [0.25, 0.3) is 0 Å². The quantitative estimate of drug-likeness (QED) is 0.443. The molecule has 0 N–H and O–H groups in total. The lowest BCUT2D eigenvalue weighted by Crippen LogP contribution is -2.06. The smallest absolute Gasteiger partial charge is 0.00185 e. The number of aryl methyl sites for hydroxylation is 2. The highest BCUT2D eigenvalue weighted by Crippen LogP contribution is 2.36. The van der Waals surface area contributed by atoms with E-state index in [-0.39, 0.29) is 0 Å². The first-order valence-electron chi connectivity index (χ1n) is 9.61. The van der Waals surface area contributed by atoms with E-state index in [0.29, 0.717) is 11.8 Å². The molecule has 2 unspecified atom stereocenters. The number of allylic oxidation sites excluding steroid dienone is 2. The number of hydrogen-bond acceptors (Lipinski definition) is 0. The van der Waals surface area contributed by atoms with Gasteiger partial charge in [-0.1, -0.05) is 96.1 Å². The van der Waals surface area contributed by atoms with Crippen LogP contribution >= 0.6 is 0 Å². The van der Waals surface area contributed by atoms with Crippen LogP contribution < -0.4 is 0 Å². The molecule has 0 saturated heterocycles. The highest BCUT2D eigenvalue weighted by Gasteiger charge is 2.18. The predicted molar refractivity (Wildman–Crippen MR) is 112 cm³/mol. The molecule has 0 aliphatic heterocycles. The van der Waals surface area contributed by atoms with Crippen LogP contribution in [0.25, 0.3) is 11.1 Å². The summed E-state index contributed by atoms with van der Waals surface area (Å²) < 4.78 is 0. The highest BCUT2D eigenvalue weighted by molar-refractivity contribution is 5.64. The van der Waals surface area contributed by atoms with Gasteiger partial charge >= 0.3 is 0 Å². The maximum atomic E-state index is 2.41. The molecule has 0 heteroatoms. The first-order chi connectivity index (χ1) is 12.7. The highest BCUT2D eigenvalue weighted by atomic mass is 14.2. The third kappa shape index (κ3) is 3.65. The molecule has 130 valence electrons. The van der Waals surface area contributed by atoms with Crippen molar-refractivity contribution in [1.82, 2.24) is 0 Å². The Balaban J connectivity index is 1.47. The van der Waals surface area contributed by atoms with Crippen LogP contribution in [-0.4, -0.2) is 0 Å². The fourth-order valence-electron chi connectivity index (χ4n) is 3.86. The van der Waals surface area contributed by atoms with Crippen LogP contribution in [0.3, 0.4) is 0 Å². The molecule has 0 nitrogen and oxygen atoms in total. The van der Waals surface area contributed by atoms with Crippen molar-refractivity contribution in [2.75, 3.05) is 0 Å². The van der Waals surface area contributed by atoms with Gasteiger partial charge in [0.1, 0.15) is 0 Å². The largest absolute Gasteiger partial charge is 0.0804 e. The van der Waals surface area contributed by atoms with Gasteiger partial charge in [0.15, 0.2) is 0 Å². The fraction of sp³-hybridized carbons (Fsp3) is 0.231. The van der Waals surface area contributed by atoms with Crippen LogP contribution in [0.1, 0.15) is 46.9 Å². The van der Waals surface area contributed by atoms with Crippen molar-refractivity contribution in [1.29, 1.82) is 0 Å². The monoisotopic (exact) mass is 338 g/mol. The van der Waals surface area contributed by atoms with Crippen molar-refractivity contribution in [2.45, 2.75) is 38.5 Å². The molecule has 0 radical (unpaired) electrons. The molecule has 0 bridgehead atoms. The van der Waals surface area contributed by atoms with E-state index >= 15 is 0 Å². The third-order valence-corrected chi connectivity index (χ3v) is 5.59. The SMILES string of the molecule is Cc1ccc(-c2ccc(C3C=CC(c4ccc(C)cc4)CC3)cc2)cc1. The van der Waals surface area contributed by atoms with Crippen molar-refractivity contribution in [3.8, 4) is 11.1 Å². The average Bonchev–Trinajstić information content (AvgIpc) is 2.70. The van der Waals surface area contributed by atoms with Gasteiger partial charge in [-0.3, -0.25) is 0 Å². The van der Waals surface area contributed by atoms with Crippen molar-refractivity contribution in [2.24, 2.45) is 0 Å². The van der Waals surface area contributed by atoms with Gasteiger partial charge in [-0.25, -0.2) is 0 Å². The summed E-state index contributed by atoms with van der Waals surface area (Å²) in [5.74, 6) is 1.11. The molecule has 0 fully saturated rings. The summed E-state index contributed by atoms with van der Waals surface area (Å²) in [6, 6.07) is 26.9. The molecule has 26 heavy (non-hydrogen) atoms. The van der Waals surface area contributed by atoms with Gasteiger partial charge in [-0.15, -0.1) is 0 Å². The number of rotatable bonds is 3. The second-order valence-electron chi connectivity index (χ2n) is 7.57. The minimum atomic E-state index is 0.545. The van der Waals surface area contributed by atoms with Gasteiger partial charge < -0.3 is 0 Å². The van der Waals surface area contributed by atoms with Gasteiger partial charge in [-0.2, -0.15) is 0 Å². The maximum Gasteiger partial charge on any atom is 0.00185 e. The lowest BCUT2D eigenvalue weighted by molar-refractivity contribution is 0.601. The lowest BCUT2D eigenvalue weighted by Gasteiger charge is -2.24. The van der Waals surface area contributed by atoms with E-state index in [2.05, 4.69) is 98.8 Å². The van der Waals surface area contributed by atoms with E-state index in [1.807, 2.05) is 0 Å². The van der Waals surface area contributed by atoms with Crippen molar-refractivity contribution < 1.29 is 0 Å². The van der Waals surface area contributed by atoms with Crippen LogP contribution in [0.15, 0.2) is 84.9 Å². The number of benzene rings is 3. The van der Waals surface area contributed by atoms with Crippen molar-refractivity contribution in [3.05, 3.63) is 107 Å². The van der Waals surface area contributed by atoms with Gasteiger partial charge in [0.05, 0.1) is 0 Å². The van der Waals surface area contributed by atoms with Crippen molar-refractivity contribution >= 4 is 0 Å². The van der Waals surface area contributed by atoms with Gasteiger partial charge in [0.2, 0.25) is 0 Å². The van der Waals surface area contributed by atoms with E-state index in [1.165, 1.54) is 46.2 Å². The van der Waals surface area contributed by atoms with Crippen LogP contribution in [0.2, 0.25) is 0 Å². The zero-order chi connectivity index (χ0) is 17.9. The molecule has 0 amide bonds. The second kappa shape index (κ2) is 7.33. The standard InChI is InChI=1S/C26H26/c1-19-3-7-21(8-4-19)23-11-15-25(16-12-23)26-17-13-24(14-18-26)22-9-5-20(2)6-10-22/h3-13,15-17,24,26H,14,18H2,1-2H3. The Morgan fingerprint density at radius 2 is 0.846 bits per heavy atom. The van der Waals surface area contributed by atoms with Crippen molar-refractivity contribution in [3.63, 3.8) is 0 Å². The Labute approximate surface area is 157 Å². The molecule has 2 atom stereocenters. The summed E-state index contributed by atoms with van der Waals surface area (Å²) in [6.45, 7) is 4.28. The molecular weight excluding hydrogens is 312 g/mol. The molecule has 3 aromatic carbocycles. The summed E-state index contributed by atoms with van der Waals surface area (Å²) in [6.07, 6.45) is 7.27. The van der Waals surface area contributed by atoms with E-state index in [1.54, 1.807) is 0 Å². The zero-order valence-corrected chi connectivity index (χ0v) is 15.7. The molecule has 1 aliphatic carbocycles. The average molecular weight is 338 g/mol. The Bertz CT molecular complexity index is 880. The van der Waals surface area contributed by atoms with E-state index < -0.39 is 0 Å². The molecule has 0 aromatic heterocycles. The third-order valence-electron chi connectivity index (χ3n) is 5.59. The maximum absolute atomic E-state index is 2.41.